The first-order chi connectivity index (χ1) is 13.6. The van der Waals surface area contributed by atoms with Crippen molar-refractivity contribution in [3.63, 3.8) is 0 Å². The number of hydrogen-bond donors (Lipinski definition) is 2. The van der Waals surface area contributed by atoms with Crippen LogP contribution in [0.1, 0.15) is 16.8 Å². The minimum absolute atomic E-state index is 0. The first-order valence-electron chi connectivity index (χ1n) is 9.38. The molecule has 0 unspecified atom stereocenters. The summed E-state index contributed by atoms with van der Waals surface area (Å²) >= 11 is 0. The molecule has 1 fully saturated rings. The maximum absolute atomic E-state index is 11.2. The van der Waals surface area contributed by atoms with Crippen LogP contribution in [0.25, 0.3) is 0 Å². The van der Waals surface area contributed by atoms with Crippen LogP contribution >= 0.6 is 12.4 Å². The third-order valence-corrected chi connectivity index (χ3v) is 4.87. The van der Waals surface area contributed by atoms with Crippen LogP contribution in [0.5, 0.6) is 17.2 Å². The highest BCUT2D eigenvalue weighted by molar-refractivity contribution is 5.91. The van der Waals surface area contributed by atoms with E-state index >= 15 is 0 Å². The topological polar surface area (TPSA) is 82.5 Å². The van der Waals surface area contributed by atoms with Gasteiger partial charge in [-0.15, -0.1) is 12.4 Å². The lowest BCUT2D eigenvalue weighted by atomic mass is 10.2. The van der Waals surface area contributed by atoms with Crippen molar-refractivity contribution in [1.82, 2.24) is 4.90 Å². The van der Waals surface area contributed by atoms with E-state index in [-0.39, 0.29) is 29.5 Å². The van der Waals surface area contributed by atoms with Crippen LogP contribution in [-0.2, 0) is 0 Å². The number of hydrogen-bond acceptors (Lipinski definition) is 6. The summed E-state index contributed by atoms with van der Waals surface area (Å²) < 4.78 is 11.0. The molecule has 2 aromatic carbocycles. The van der Waals surface area contributed by atoms with Gasteiger partial charge in [0.05, 0.1) is 19.4 Å². The van der Waals surface area contributed by atoms with Crippen molar-refractivity contribution >= 4 is 24.1 Å². The summed E-state index contributed by atoms with van der Waals surface area (Å²) in [4.78, 5) is 15.9. The average Bonchev–Trinajstić information content (AvgIpc) is 2.71. The van der Waals surface area contributed by atoms with Gasteiger partial charge in [0.25, 0.3) is 0 Å². The fraction of sp³-hybridized carbons (Fsp3) is 0.381. The van der Waals surface area contributed by atoms with Crippen LogP contribution in [0, 0.1) is 0 Å². The van der Waals surface area contributed by atoms with Crippen molar-refractivity contribution in [2.24, 2.45) is 0 Å². The number of nitrogens with zero attached hydrogens (tertiary/aromatic N) is 2. The Bertz CT molecular complexity index is 809. The number of rotatable bonds is 8. The molecule has 0 aromatic heterocycles. The number of carboxylic acid groups (broad SMARTS) is 1. The standard InChI is InChI=1S/C21H26N2O5.ClH/c1-27-19-6-3-2-5-18(19)23-12-10-22(11-13-23)9-4-14-28-20-15-16(24)7-8-17(20)21(25)26;/h2-3,5-8,15,24H,4,9-14H2,1H3,(H,25,26);1H. The summed E-state index contributed by atoms with van der Waals surface area (Å²) in [5, 5.41) is 18.7. The van der Waals surface area contributed by atoms with E-state index in [2.05, 4.69) is 15.9 Å². The third kappa shape index (κ3) is 5.92. The number of aromatic hydroxyl groups is 1. The van der Waals surface area contributed by atoms with Crippen molar-refractivity contribution in [3.05, 3.63) is 48.0 Å². The number of carbonyl (C=O) groups is 1. The molecule has 1 aliphatic heterocycles. The fourth-order valence-electron chi connectivity index (χ4n) is 3.38. The summed E-state index contributed by atoms with van der Waals surface area (Å²) in [6, 6.07) is 12.1. The average molecular weight is 423 g/mol. The Morgan fingerprint density at radius 1 is 1.07 bits per heavy atom. The predicted molar refractivity (Wildman–Crippen MR) is 114 cm³/mol. The normalized spacial score (nSPS) is 14.2. The number of piperazine rings is 1. The van der Waals surface area contributed by atoms with Gasteiger partial charge >= 0.3 is 5.97 Å². The van der Waals surface area contributed by atoms with E-state index in [4.69, 9.17) is 9.47 Å². The molecule has 0 spiro atoms. The summed E-state index contributed by atoms with van der Waals surface area (Å²) in [5.74, 6) is 0.0214. The van der Waals surface area contributed by atoms with Gasteiger partial charge in [-0.1, -0.05) is 12.1 Å². The minimum atomic E-state index is -1.07. The summed E-state index contributed by atoms with van der Waals surface area (Å²) in [6.07, 6.45) is 0.781. The lowest BCUT2D eigenvalue weighted by Crippen LogP contribution is -2.46. The number of aromatic carboxylic acids is 1. The largest absolute Gasteiger partial charge is 0.508 e. The van der Waals surface area contributed by atoms with E-state index < -0.39 is 5.97 Å². The Morgan fingerprint density at radius 3 is 2.48 bits per heavy atom. The molecule has 2 N–H and O–H groups in total. The Morgan fingerprint density at radius 2 is 1.79 bits per heavy atom. The van der Waals surface area contributed by atoms with Crippen molar-refractivity contribution in [2.75, 3.05) is 51.3 Å². The SMILES string of the molecule is COc1ccccc1N1CCN(CCCOc2cc(O)ccc2C(=O)O)CC1.Cl. The van der Waals surface area contributed by atoms with Gasteiger partial charge in [0.2, 0.25) is 0 Å². The molecule has 2 aromatic rings. The minimum Gasteiger partial charge on any atom is -0.508 e. The molecule has 0 saturated carbocycles. The number of methoxy groups -OCH3 is 1. The van der Waals surface area contributed by atoms with Gasteiger partial charge in [0.1, 0.15) is 22.8 Å². The van der Waals surface area contributed by atoms with Crippen molar-refractivity contribution in [1.29, 1.82) is 0 Å². The molecule has 158 valence electrons. The van der Waals surface area contributed by atoms with Gasteiger partial charge in [-0.3, -0.25) is 4.90 Å². The number of phenols is 1. The van der Waals surface area contributed by atoms with Gasteiger partial charge in [0, 0.05) is 38.8 Å². The first kappa shape index (κ1) is 22.6. The molecule has 0 bridgehead atoms. The highest BCUT2D eigenvalue weighted by Gasteiger charge is 2.19. The second kappa shape index (κ2) is 10.8. The molecule has 1 saturated heterocycles. The van der Waals surface area contributed by atoms with Crippen LogP contribution in [-0.4, -0.2) is 67.5 Å². The first-order valence-corrected chi connectivity index (χ1v) is 9.38. The summed E-state index contributed by atoms with van der Waals surface area (Å²) in [7, 11) is 1.69. The van der Waals surface area contributed by atoms with Crippen LogP contribution < -0.4 is 14.4 Å². The second-order valence-electron chi connectivity index (χ2n) is 6.69. The predicted octanol–water partition coefficient (Wildman–Crippen LogP) is 3.11. The Kier molecular flexibility index (Phi) is 8.42. The molecular weight excluding hydrogens is 396 g/mol. The molecule has 29 heavy (non-hydrogen) atoms. The summed E-state index contributed by atoms with van der Waals surface area (Å²) in [6.45, 7) is 5.03. The molecule has 0 aliphatic carbocycles. The molecule has 3 rings (SSSR count). The molecule has 1 heterocycles. The maximum Gasteiger partial charge on any atom is 0.339 e. The van der Waals surface area contributed by atoms with Gasteiger partial charge in [-0.05, 0) is 30.7 Å². The van der Waals surface area contributed by atoms with E-state index in [1.54, 1.807) is 7.11 Å². The number of anilines is 1. The third-order valence-electron chi connectivity index (χ3n) is 4.87. The summed E-state index contributed by atoms with van der Waals surface area (Å²) in [5.41, 5.74) is 1.18. The molecule has 0 radical (unpaired) electrons. The van der Waals surface area contributed by atoms with Crippen molar-refractivity contribution in [3.8, 4) is 17.2 Å². The Hall–Kier alpha value is -2.64. The number of phenolic OH excluding ortho intramolecular Hbond substituents is 1. The molecule has 0 atom stereocenters. The van der Waals surface area contributed by atoms with E-state index in [9.17, 15) is 15.0 Å². The smallest absolute Gasteiger partial charge is 0.339 e. The quantitative estimate of drug-likeness (QED) is 0.632. The lowest BCUT2D eigenvalue weighted by molar-refractivity contribution is 0.0692. The van der Waals surface area contributed by atoms with Crippen LogP contribution in [0.3, 0.4) is 0 Å². The van der Waals surface area contributed by atoms with Gasteiger partial charge in [-0.25, -0.2) is 4.79 Å². The molecule has 7 nitrogen and oxygen atoms in total. The zero-order valence-corrected chi connectivity index (χ0v) is 17.2. The number of benzene rings is 2. The number of ether oxygens (including phenoxy) is 2. The molecule has 8 heteroatoms. The van der Waals surface area contributed by atoms with Crippen LogP contribution in [0.2, 0.25) is 0 Å². The van der Waals surface area contributed by atoms with Crippen LogP contribution in [0.15, 0.2) is 42.5 Å². The van der Waals surface area contributed by atoms with E-state index in [1.165, 1.54) is 18.2 Å². The second-order valence-corrected chi connectivity index (χ2v) is 6.69. The van der Waals surface area contributed by atoms with Gasteiger partial charge < -0.3 is 24.6 Å². The Balaban J connectivity index is 0.00000300. The molecule has 0 amide bonds. The highest BCUT2D eigenvalue weighted by atomic mass is 35.5. The van der Waals surface area contributed by atoms with Crippen molar-refractivity contribution in [2.45, 2.75) is 6.42 Å². The molecular formula is C21H27ClN2O5. The Labute approximate surface area is 176 Å². The zero-order chi connectivity index (χ0) is 19.9. The number of halogens is 1. The van der Waals surface area contributed by atoms with Gasteiger partial charge in [0.15, 0.2) is 0 Å². The maximum atomic E-state index is 11.2. The van der Waals surface area contributed by atoms with E-state index in [0.717, 1.165) is 50.6 Å². The zero-order valence-electron chi connectivity index (χ0n) is 16.4. The van der Waals surface area contributed by atoms with E-state index in [0.29, 0.717) is 6.61 Å². The lowest BCUT2D eigenvalue weighted by Gasteiger charge is -2.36. The monoisotopic (exact) mass is 422 g/mol. The van der Waals surface area contributed by atoms with Crippen LogP contribution in [0.4, 0.5) is 5.69 Å². The molecule has 1 aliphatic rings. The highest BCUT2D eigenvalue weighted by Crippen LogP contribution is 2.28. The van der Waals surface area contributed by atoms with Crippen molar-refractivity contribution < 1.29 is 24.5 Å². The number of para-hydroxylation sites is 2. The number of carboxylic acids is 1. The fourth-order valence-corrected chi connectivity index (χ4v) is 3.38. The van der Waals surface area contributed by atoms with Gasteiger partial charge in [-0.2, -0.15) is 0 Å². The van der Waals surface area contributed by atoms with E-state index in [1.807, 2.05) is 18.2 Å².